The van der Waals surface area contributed by atoms with Crippen LogP contribution in [0.4, 0.5) is 0 Å². The van der Waals surface area contributed by atoms with Gasteiger partial charge in [-0.3, -0.25) is 4.68 Å². The summed E-state index contributed by atoms with van der Waals surface area (Å²) in [5.74, 6) is 0.818. The maximum absolute atomic E-state index is 10.3. The Morgan fingerprint density at radius 3 is 2.79 bits per heavy atom. The second-order valence-corrected chi connectivity index (χ2v) is 4.63. The topological polar surface area (TPSA) is 68.8 Å². The molecule has 0 bridgehead atoms. The van der Waals surface area contributed by atoms with Crippen LogP contribution in [0, 0.1) is 0 Å². The zero-order valence-electron chi connectivity index (χ0n) is 11.5. The van der Waals surface area contributed by atoms with Crippen LogP contribution in [-0.4, -0.2) is 29.4 Å². The van der Waals surface area contributed by atoms with Crippen LogP contribution in [0.3, 0.4) is 0 Å². The minimum Gasteiger partial charge on any atom is -0.386 e. The van der Waals surface area contributed by atoms with E-state index in [4.69, 9.17) is 0 Å². The zero-order chi connectivity index (χ0) is 13.7. The molecule has 1 unspecified atom stereocenters. The van der Waals surface area contributed by atoms with Crippen molar-refractivity contribution < 1.29 is 5.11 Å². The van der Waals surface area contributed by atoms with Gasteiger partial charge in [0.1, 0.15) is 18.3 Å². The Bertz CT molecular complexity index is 505. The van der Waals surface area contributed by atoms with Crippen LogP contribution in [-0.2, 0) is 19.5 Å². The number of nitrogens with zero attached hydrogens (tertiary/aromatic N) is 5. The fourth-order valence-corrected chi connectivity index (χ4v) is 2.16. The average molecular weight is 263 g/mol. The normalized spacial score (nSPS) is 12.8. The summed E-state index contributed by atoms with van der Waals surface area (Å²) < 4.78 is 3.84. The van der Waals surface area contributed by atoms with Crippen LogP contribution in [0.25, 0.3) is 0 Å². The third-order valence-corrected chi connectivity index (χ3v) is 3.06. The molecule has 6 heteroatoms. The third kappa shape index (κ3) is 3.20. The fourth-order valence-electron chi connectivity index (χ4n) is 2.16. The van der Waals surface area contributed by atoms with Crippen LogP contribution < -0.4 is 0 Å². The molecule has 0 saturated heterocycles. The lowest BCUT2D eigenvalue weighted by Crippen LogP contribution is -2.13. The Morgan fingerprint density at radius 1 is 1.26 bits per heavy atom. The van der Waals surface area contributed by atoms with Gasteiger partial charge in [0.25, 0.3) is 0 Å². The van der Waals surface area contributed by atoms with Gasteiger partial charge < -0.3 is 9.67 Å². The molecule has 6 nitrogen and oxygen atoms in total. The average Bonchev–Trinajstić information content (AvgIpc) is 3.00. The molecule has 0 aliphatic rings. The van der Waals surface area contributed by atoms with E-state index in [1.807, 2.05) is 9.25 Å². The first-order valence-corrected chi connectivity index (χ1v) is 6.81. The number of hydrogen-bond donors (Lipinski definition) is 1. The van der Waals surface area contributed by atoms with E-state index in [-0.39, 0.29) is 0 Å². The summed E-state index contributed by atoms with van der Waals surface area (Å²) in [6.45, 7) is 5.90. The summed E-state index contributed by atoms with van der Waals surface area (Å²) >= 11 is 0. The molecule has 0 radical (unpaired) electrons. The van der Waals surface area contributed by atoms with Crippen LogP contribution in [0.15, 0.2) is 18.9 Å². The van der Waals surface area contributed by atoms with E-state index >= 15 is 0 Å². The summed E-state index contributed by atoms with van der Waals surface area (Å²) in [5.41, 5.74) is 0.841. The van der Waals surface area contributed by atoms with Gasteiger partial charge in [-0.1, -0.05) is 13.8 Å². The molecule has 2 aromatic heterocycles. The lowest BCUT2D eigenvalue weighted by atomic mass is 10.2. The summed E-state index contributed by atoms with van der Waals surface area (Å²) in [5, 5.41) is 14.5. The van der Waals surface area contributed by atoms with E-state index < -0.39 is 6.10 Å². The van der Waals surface area contributed by atoms with Crippen molar-refractivity contribution in [3.05, 3.63) is 30.4 Å². The van der Waals surface area contributed by atoms with Gasteiger partial charge in [0.2, 0.25) is 0 Å². The molecule has 2 heterocycles. The smallest absolute Gasteiger partial charge is 0.138 e. The first kappa shape index (κ1) is 13.7. The van der Waals surface area contributed by atoms with Gasteiger partial charge in [0.05, 0.1) is 18.2 Å². The van der Waals surface area contributed by atoms with E-state index in [9.17, 15) is 5.11 Å². The highest BCUT2D eigenvalue weighted by Crippen LogP contribution is 2.17. The molecule has 104 valence electrons. The highest BCUT2D eigenvalue weighted by molar-refractivity contribution is 5.05. The standard InChI is InChI=1S/C13H21N5O/c1-3-5-17-10-14-8-11(17)12(19)7-13-15-9-16-18(13)6-4-2/h8-10,12,19H,3-7H2,1-2H3. The lowest BCUT2D eigenvalue weighted by molar-refractivity contribution is 0.164. The number of aliphatic hydroxyl groups is 1. The number of hydrogen-bond acceptors (Lipinski definition) is 4. The highest BCUT2D eigenvalue weighted by Gasteiger charge is 2.16. The molecule has 2 rings (SSSR count). The Labute approximate surface area is 113 Å². The predicted octanol–water partition coefficient (Wildman–Crippen LogP) is 1.57. The number of aliphatic hydroxyl groups excluding tert-OH is 1. The van der Waals surface area contributed by atoms with E-state index in [2.05, 4.69) is 28.9 Å². The van der Waals surface area contributed by atoms with Crippen LogP contribution in [0.2, 0.25) is 0 Å². The molecule has 2 aromatic rings. The largest absolute Gasteiger partial charge is 0.386 e. The first-order chi connectivity index (χ1) is 9.26. The van der Waals surface area contributed by atoms with Gasteiger partial charge in [0, 0.05) is 19.5 Å². The Morgan fingerprint density at radius 2 is 2.05 bits per heavy atom. The predicted molar refractivity (Wildman–Crippen MR) is 71.5 cm³/mol. The Kier molecular flexibility index (Phi) is 4.68. The van der Waals surface area contributed by atoms with Gasteiger partial charge in [-0.25, -0.2) is 9.97 Å². The van der Waals surface area contributed by atoms with E-state index in [1.165, 1.54) is 0 Å². The number of aromatic nitrogens is 5. The first-order valence-electron chi connectivity index (χ1n) is 6.81. The van der Waals surface area contributed by atoms with Crippen molar-refractivity contribution in [2.75, 3.05) is 0 Å². The summed E-state index contributed by atoms with van der Waals surface area (Å²) in [7, 11) is 0. The van der Waals surface area contributed by atoms with Gasteiger partial charge in [0.15, 0.2) is 0 Å². The van der Waals surface area contributed by atoms with Crippen molar-refractivity contribution in [3.8, 4) is 0 Å². The van der Waals surface area contributed by atoms with E-state index in [1.54, 1.807) is 18.9 Å². The molecular weight excluding hydrogens is 242 g/mol. The molecule has 0 aromatic carbocycles. The Hall–Kier alpha value is -1.69. The van der Waals surface area contributed by atoms with Gasteiger partial charge in [-0.05, 0) is 12.8 Å². The molecule has 1 N–H and O–H groups in total. The van der Waals surface area contributed by atoms with Crippen molar-refractivity contribution in [1.29, 1.82) is 0 Å². The number of imidazole rings is 1. The lowest BCUT2D eigenvalue weighted by Gasteiger charge is -2.13. The van der Waals surface area contributed by atoms with E-state index in [0.29, 0.717) is 6.42 Å². The monoisotopic (exact) mass is 263 g/mol. The van der Waals surface area contributed by atoms with Crippen molar-refractivity contribution in [3.63, 3.8) is 0 Å². The van der Waals surface area contributed by atoms with Crippen molar-refractivity contribution in [2.45, 2.75) is 52.3 Å². The maximum Gasteiger partial charge on any atom is 0.138 e. The summed E-state index contributed by atoms with van der Waals surface area (Å²) in [6.07, 6.45) is 6.92. The zero-order valence-corrected chi connectivity index (χ0v) is 11.5. The molecule has 0 amide bonds. The number of rotatable bonds is 7. The second kappa shape index (κ2) is 6.47. The molecule has 0 fully saturated rings. The molecule has 0 aliphatic carbocycles. The van der Waals surface area contributed by atoms with Crippen LogP contribution >= 0.6 is 0 Å². The quantitative estimate of drug-likeness (QED) is 0.823. The van der Waals surface area contributed by atoms with Gasteiger partial charge >= 0.3 is 0 Å². The van der Waals surface area contributed by atoms with E-state index in [0.717, 1.165) is 37.4 Å². The van der Waals surface area contributed by atoms with Gasteiger partial charge in [-0.2, -0.15) is 5.10 Å². The second-order valence-electron chi connectivity index (χ2n) is 4.63. The number of aryl methyl sites for hydroxylation is 2. The van der Waals surface area contributed by atoms with Crippen LogP contribution in [0.5, 0.6) is 0 Å². The molecule has 1 atom stereocenters. The summed E-state index contributed by atoms with van der Waals surface area (Å²) in [6, 6.07) is 0. The SMILES string of the molecule is CCCn1cncc1C(O)Cc1ncnn1CCC. The van der Waals surface area contributed by atoms with Crippen molar-refractivity contribution in [2.24, 2.45) is 0 Å². The molecule has 0 spiro atoms. The van der Waals surface area contributed by atoms with Gasteiger partial charge in [-0.15, -0.1) is 0 Å². The minimum absolute atomic E-state index is 0.468. The van der Waals surface area contributed by atoms with Crippen molar-refractivity contribution in [1.82, 2.24) is 24.3 Å². The van der Waals surface area contributed by atoms with Crippen LogP contribution in [0.1, 0.15) is 44.3 Å². The maximum atomic E-state index is 10.3. The molecule has 0 aliphatic heterocycles. The molecule has 19 heavy (non-hydrogen) atoms. The minimum atomic E-state index is -0.589. The van der Waals surface area contributed by atoms with Crippen molar-refractivity contribution >= 4 is 0 Å². The molecule has 0 saturated carbocycles. The summed E-state index contributed by atoms with van der Waals surface area (Å²) in [4.78, 5) is 8.33. The third-order valence-electron chi connectivity index (χ3n) is 3.06. The fraction of sp³-hybridized carbons (Fsp3) is 0.615. The molecular formula is C13H21N5O. The Balaban J connectivity index is 2.09. The highest BCUT2D eigenvalue weighted by atomic mass is 16.3.